The van der Waals surface area contributed by atoms with Crippen molar-refractivity contribution in [3.8, 4) is 17.2 Å². The largest absolute Gasteiger partial charge is 0.491 e. The number of rotatable bonds is 8. The van der Waals surface area contributed by atoms with Crippen LogP contribution in [-0.2, 0) is 27.2 Å². The van der Waals surface area contributed by atoms with Gasteiger partial charge in [0.25, 0.3) is 0 Å². The summed E-state index contributed by atoms with van der Waals surface area (Å²) in [6.07, 6.45) is -0.803. The van der Waals surface area contributed by atoms with E-state index in [1.165, 1.54) is 0 Å². The Morgan fingerprint density at radius 3 is 2.40 bits per heavy atom. The Morgan fingerprint density at radius 1 is 0.914 bits per heavy atom. The van der Waals surface area contributed by atoms with Gasteiger partial charge in [0.1, 0.15) is 18.5 Å². The second-order valence-corrected chi connectivity index (χ2v) is 8.41. The fourth-order valence-corrected chi connectivity index (χ4v) is 4.11. The second-order valence-electron chi connectivity index (χ2n) is 8.41. The number of aryl methyl sites for hydroxylation is 2. The van der Waals surface area contributed by atoms with E-state index >= 15 is 0 Å². The van der Waals surface area contributed by atoms with Gasteiger partial charge in [0.05, 0.1) is 11.0 Å². The number of nitrogens with zero attached hydrogens (tertiary/aromatic N) is 2. The fraction of sp³-hybridized carbons (Fsp3) is 0.269. The third-order valence-electron chi connectivity index (χ3n) is 6.11. The highest BCUT2D eigenvalue weighted by Gasteiger charge is 2.14. The SMILES string of the molecule is Cl.Cn1c(=O)n(C)c2cc(C(O)COc3ccc(CNCc4ccc5c(c4)OCO5)cc3)ccc21. The molecule has 5 rings (SSSR count). The number of fused-ring (bicyclic) bond motifs is 2. The van der Waals surface area contributed by atoms with Crippen molar-refractivity contribution in [3.63, 3.8) is 0 Å². The van der Waals surface area contributed by atoms with Gasteiger partial charge in [-0.2, -0.15) is 0 Å². The van der Waals surface area contributed by atoms with E-state index < -0.39 is 6.10 Å². The standard InChI is InChI=1S/C26H27N3O5.ClH/c1-28-21-9-6-19(12-22(21)29(2)26(28)31)23(30)15-32-20-7-3-17(4-8-20)13-27-14-18-5-10-24-25(11-18)34-16-33-24;/h3-12,23,27,30H,13-16H2,1-2H3;1H. The molecule has 9 heteroatoms. The number of benzene rings is 3. The van der Waals surface area contributed by atoms with Crippen LogP contribution in [0.2, 0.25) is 0 Å². The van der Waals surface area contributed by atoms with Crippen molar-refractivity contribution in [2.45, 2.75) is 19.2 Å². The molecule has 35 heavy (non-hydrogen) atoms. The zero-order valence-electron chi connectivity index (χ0n) is 19.6. The van der Waals surface area contributed by atoms with Crippen LogP contribution in [0.1, 0.15) is 22.8 Å². The number of hydrogen-bond donors (Lipinski definition) is 2. The van der Waals surface area contributed by atoms with Crippen LogP contribution in [0, 0.1) is 0 Å². The first kappa shape index (κ1) is 24.7. The molecule has 0 radical (unpaired) electrons. The van der Waals surface area contributed by atoms with Gasteiger partial charge in [-0.25, -0.2) is 4.79 Å². The molecule has 4 aromatic rings. The number of ether oxygens (including phenoxy) is 3. The van der Waals surface area contributed by atoms with Crippen molar-refractivity contribution in [2.24, 2.45) is 14.1 Å². The Bertz CT molecular complexity index is 1380. The summed E-state index contributed by atoms with van der Waals surface area (Å²) < 4.78 is 19.7. The summed E-state index contributed by atoms with van der Waals surface area (Å²) in [6, 6.07) is 19.2. The van der Waals surface area contributed by atoms with E-state index in [0.717, 1.165) is 40.2 Å². The molecule has 0 spiro atoms. The van der Waals surface area contributed by atoms with E-state index in [-0.39, 0.29) is 31.5 Å². The normalized spacial score (nSPS) is 13.0. The lowest BCUT2D eigenvalue weighted by molar-refractivity contribution is 0.108. The molecule has 1 atom stereocenters. The van der Waals surface area contributed by atoms with Crippen molar-refractivity contribution in [1.29, 1.82) is 0 Å². The van der Waals surface area contributed by atoms with Crippen LogP contribution in [0.3, 0.4) is 0 Å². The maximum atomic E-state index is 12.1. The van der Waals surface area contributed by atoms with Gasteiger partial charge in [0.2, 0.25) is 6.79 Å². The molecular weight excluding hydrogens is 470 g/mol. The minimum Gasteiger partial charge on any atom is -0.491 e. The number of hydrogen-bond acceptors (Lipinski definition) is 6. The molecule has 0 aliphatic carbocycles. The fourth-order valence-electron chi connectivity index (χ4n) is 4.11. The number of aromatic nitrogens is 2. The van der Waals surface area contributed by atoms with Crippen LogP contribution < -0.4 is 25.2 Å². The van der Waals surface area contributed by atoms with Gasteiger partial charge < -0.3 is 24.6 Å². The van der Waals surface area contributed by atoms with E-state index in [1.54, 1.807) is 23.2 Å². The summed E-state index contributed by atoms with van der Waals surface area (Å²) >= 11 is 0. The number of imidazole rings is 1. The maximum absolute atomic E-state index is 12.1. The molecule has 1 aromatic heterocycles. The zero-order valence-corrected chi connectivity index (χ0v) is 20.4. The molecule has 1 aliphatic heterocycles. The molecule has 0 saturated heterocycles. The highest BCUT2D eigenvalue weighted by Crippen LogP contribution is 2.32. The third-order valence-corrected chi connectivity index (χ3v) is 6.11. The van der Waals surface area contributed by atoms with Crippen molar-refractivity contribution in [3.05, 3.63) is 87.8 Å². The lowest BCUT2D eigenvalue weighted by Gasteiger charge is -2.14. The lowest BCUT2D eigenvalue weighted by atomic mass is 10.1. The van der Waals surface area contributed by atoms with Gasteiger partial charge >= 0.3 is 5.69 Å². The van der Waals surface area contributed by atoms with E-state index in [4.69, 9.17) is 14.2 Å². The van der Waals surface area contributed by atoms with Gasteiger partial charge in [-0.3, -0.25) is 9.13 Å². The highest BCUT2D eigenvalue weighted by atomic mass is 35.5. The monoisotopic (exact) mass is 497 g/mol. The quantitative estimate of drug-likeness (QED) is 0.388. The molecule has 1 aliphatic rings. The number of aliphatic hydroxyl groups excluding tert-OH is 1. The van der Waals surface area contributed by atoms with Gasteiger partial charge in [-0.05, 0) is 53.1 Å². The van der Waals surface area contributed by atoms with Crippen molar-refractivity contribution in [1.82, 2.24) is 14.5 Å². The van der Waals surface area contributed by atoms with Crippen LogP contribution in [-0.4, -0.2) is 27.6 Å². The van der Waals surface area contributed by atoms with Gasteiger partial charge in [-0.1, -0.05) is 24.3 Å². The first-order valence-electron chi connectivity index (χ1n) is 11.1. The van der Waals surface area contributed by atoms with Gasteiger partial charge in [0, 0.05) is 27.2 Å². The van der Waals surface area contributed by atoms with E-state index in [2.05, 4.69) is 5.32 Å². The molecular formula is C26H28ClN3O5. The summed E-state index contributed by atoms with van der Waals surface area (Å²) in [5, 5.41) is 14.0. The van der Waals surface area contributed by atoms with E-state index in [9.17, 15) is 9.90 Å². The highest BCUT2D eigenvalue weighted by molar-refractivity contribution is 5.85. The Kier molecular flexibility index (Phi) is 7.35. The van der Waals surface area contributed by atoms with Crippen molar-refractivity contribution >= 4 is 23.4 Å². The topological polar surface area (TPSA) is 86.9 Å². The summed E-state index contributed by atoms with van der Waals surface area (Å²) in [6.45, 7) is 1.83. The molecule has 2 N–H and O–H groups in total. The average Bonchev–Trinajstić information content (AvgIpc) is 3.41. The Hall–Kier alpha value is -3.46. The minimum absolute atomic E-state index is 0. The summed E-state index contributed by atoms with van der Waals surface area (Å²) in [7, 11) is 3.46. The van der Waals surface area contributed by atoms with Crippen LogP contribution in [0.5, 0.6) is 17.2 Å². The summed E-state index contributed by atoms with van der Waals surface area (Å²) in [5.41, 5.74) is 4.48. The molecule has 2 heterocycles. The lowest BCUT2D eigenvalue weighted by Crippen LogP contribution is -2.19. The summed E-state index contributed by atoms with van der Waals surface area (Å²) in [5.74, 6) is 2.26. The average molecular weight is 498 g/mol. The van der Waals surface area contributed by atoms with Crippen LogP contribution in [0.15, 0.2) is 65.5 Å². The molecule has 0 bridgehead atoms. The third kappa shape index (κ3) is 5.14. The van der Waals surface area contributed by atoms with Crippen LogP contribution >= 0.6 is 12.4 Å². The van der Waals surface area contributed by atoms with E-state index in [0.29, 0.717) is 17.9 Å². The van der Waals surface area contributed by atoms with Crippen LogP contribution in [0.25, 0.3) is 11.0 Å². The van der Waals surface area contributed by atoms with Crippen molar-refractivity contribution in [2.75, 3.05) is 13.4 Å². The Labute approximate surface area is 209 Å². The molecule has 1 unspecified atom stereocenters. The number of halogens is 1. The number of aliphatic hydroxyl groups is 1. The minimum atomic E-state index is -0.803. The second kappa shape index (κ2) is 10.4. The maximum Gasteiger partial charge on any atom is 0.328 e. The van der Waals surface area contributed by atoms with Crippen molar-refractivity contribution < 1.29 is 19.3 Å². The Balaban J connectivity index is 0.00000289. The molecule has 8 nitrogen and oxygen atoms in total. The Morgan fingerprint density at radius 2 is 1.60 bits per heavy atom. The molecule has 0 amide bonds. The smallest absolute Gasteiger partial charge is 0.328 e. The molecule has 3 aromatic carbocycles. The predicted molar refractivity (Wildman–Crippen MR) is 135 cm³/mol. The van der Waals surface area contributed by atoms with Gasteiger partial charge in [-0.15, -0.1) is 12.4 Å². The first-order chi connectivity index (χ1) is 16.5. The van der Waals surface area contributed by atoms with E-state index in [1.807, 2.05) is 60.7 Å². The molecule has 0 saturated carbocycles. The van der Waals surface area contributed by atoms with Crippen LogP contribution in [0.4, 0.5) is 0 Å². The zero-order chi connectivity index (χ0) is 23.7. The van der Waals surface area contributed by atoms with Gasteiger partial charge in [0.15, 0.2) is 11.5 Å². The first-order valence-corrected chi connectivity index (χ1v) is 11.1. The molecule has 0 fully saturated rings. The number of nitrogens with one attached hydrogen (secondary N) is 1. The molecule has 184 valence electrons. The summed E-state index contributed by atoms with van der Waals surface area (Å²) in [4.78, 5) is 12.1. The predicted octanol–water partition coefficient (Wildman–Crippen LogP) is 3.43.